The molecule has 7 heteroatoms. The van der Waals surface area contributed by atoms with Gasteiger partial charge in [-0.25, -0.2) is 4.79 Å². The third-order valence-corrected chi connectivity index (χ3v) is 2.92. The highest BCUT2D eigenvalue weighted by molar-refractivity contribution is 6.31. The first-order valence-corrected chi connectivity index (χ1v) is 6.07. The van der Waals surface area contributed by atoms with Crippen molar-refractivity contribution in [2.45, 2.75) is 19.4 Å². The van der Waals surface area contributed by atoms with Crippen LogP contribution in [0.5, 0.6) is 0 Å². The molecule has 0 heterocycles. The number of aryl methyl sites for hydroxylation is 1. The zero-order chi connectivity index (χ0) is 14.4. The Labute approximate surface area is 115 Å². The Morgan fingerprint density at radius 1 is 1.47 bits per heavy atom. The third kappa shape index (κ3) is 5.15. The Balaban J connectivity index is 2.49. The van der Waals surface area contributed by atoms with Crippen molar-refractivity contribution in [2.24, 2.45) is 5.73 Å². The summed E-state index contributed by atoms with van der Waals surface area (Å²) in [5.41, 5.74) is 7.10. The van der Waals surface area contributed by atoms with E-state index in [1.165, 1.54) is 0 Å². The van der Waals surface area contributed by atoms with E-state index in [2.05, 4.69) is 10.6 Å². The Morgan fingerprint density at radius 2 is 2.16 bits per heavy atom. The second kappa shape index (κ2) is 6.96. The quantitative estimate of drug-likeness (QED) is 0.659. The molecule has 2 amide bonds. The number of benzene rings is 1. The monoisotopic (exact) mass is 285 g/mol. The molecule has 0 bridgehead atoms. The fraction of sp³-hybridized carbons (Fsp3) is 0.333. The maximum absolute atomic E-state index is 11.7. The summed E-state index contributed by atoms with van der Waals surface area (Å²) < 4.78 is 0. The van der Waals surface area contributed by atoms with Crippen molar-refractivity contribution in [3.63, 3.8) is 0 Å². The van der Waals surface area contributed by atoms with Crippen LogP contribution in [0.1, 0.15) is 12.0 Å². The molecule has 1 rings (SSSR count). The smallest absolute Gasteiger partial charge is 0.404 e. The number of hydrogen-bond donors (Lipinski definition) is 4. The van der Waals surface area contributed by atoms with Gasteiger partial charge in [-0.05, 0) is 37.1 Å². The molecule has 1 aromatic rings. The summed E-state index contributed by atoms with van der Waals surface area (Å²) in [6, 6.07) is 4.32. The number of carbonyl (C=O) groups is 2. The lowest BCUT2D eigenvalue weighted by molar-refractivity contribution is -0.117. The summed E-state index contributed by atoms with van der Waals surface area (Å²) in [5.74, 6) is -0.367. The Bertz CT molecular complexity index is 479. The number of carbonyl (C=O) groups excluding carboxylic acids is 1. The van der Waals surface area contributed by atoms with E-state index >= 15 is 0 Å². The predicted molar refractivity (Wildman–Crippen MR) is 73.4 cm³/mol. The van der Waals surface area contributed by atoms with Crippen LogP contribution in [0.3, 0.4) is 0 Å². The van der Waals surface area contributed by atoms with E-state index in [0.717, 1.165) is 5.56 Å². The molecule has 5 N–H and O–H groups in total. The van der Waals surface area contributed by atoms with Gasteiger partial charge in [-0.2, -0.15) is 0 Å². The molecule has 0 aromatic heterocycles. The summed E-state index contributed by atoms with van der Waals surface area (Å²) in [5, 5.41) is 13.8. The van der Waals surface area contributed by atoms with Crippen molar-refractivity contribution in [2.75, 3.05) is 11.9 Å². The van der Waals surface area contributed by atoms with Gasteiger partial charge in [-0.1, -0.05) is 11.6 Å². The van der Waals surface area contributed by atoms with Crippen LogP contribution in [-0.4, -0.2) is 29.7 Å². The van der Waals surface area contributed by atoms with Crippen LogP contribution in [0.2, 0.25) is 5.02 Å². The molecule has 0 radical (unpaired) electrons. The molecule has 1 aromatic carbocycles. The molecule has 0 saturated heterocycles. The minimum Gasteiger partial charge on any atom is -0.465 e. The van der Waals surface area contributed by atoms with Crippen LogP contribution in [0.15, 0.2) is 18.2 Å². The van der Waals surface area contributed by atoms with Crippen molar-refractivity contribution in [3.8, 4) is 0 Å². The molecule has 1 atom stereocenters. The first kappa shape index (κ1) is 15.3. The maximum Gasteiger partial charge on any atom is 0.404 e. The lowest BCUT2D eigenvalue weighted by Crippen LogP contribution is -2.38. The van der Waals surface area contributed by atoms with Crippen LogP contribution in [0, 0.1) is 6.92 Å². The number of nitrogens with two attached hydrogens (primary N) is 1. The average molecular weight is 286 g/mol. The number of anilines is 1. The highest BCUT2D eigenvalue weighted by Crippen LogP contribution is 2.19. The molecule has 0 saturated carbocycles. The molecular weight excluding hydrogens is 270 g/mol. The molecule has 1 unspecified atom stereocenters. The van der Waals surface area contributed by atoms with Gasteiger partial charge in [-0.15, -0.1) is 0 Å². The number of rotatable bonds is 5. The predicted octanol–water partition coefficient (Wildman–Crippen LogP) is 1.57. The van der Waals surface area contributed by atoms with E-state index in [-0.39, 0.29) is 18.9 Å². The summed E-state index contributed by atoms with van der Waals surface area (Å²) >= 11 is 5.88. The van der Waals surface area contributed by atoms with Gasteiger partial charge >= 0.3 is 6.09 Å². The number of hydrogen-bond acceptors (Lipinski definition) is 3. The van der Waals surface area contributed by atoms with Gasteiger partial charge in [0.25, 0.3) is 0 Å². The normalized spacial score (nSPS) is 11.7. The van der Waals surface area contributed by atoms with Crippen molar-refractivity contribution in [1.82, 2.24) is 5.32 Å². The second-order valence-electron chi connectivity index (χ2n) is 4.08. The number of amides is 2. The molecule has 0 spiro atoms. The third-order valence-electron chi connectivity index (χ3n) is 2.49. The summed E-state index contributed by atoms with van der Waals surface area (Å²) in [4.78, 5) is 22.0. The number of nitrogens with one attached hydrogen (secondary N) is 2. The minimum atomic E-state index is -1.14. The van der Waals surface area contributed by atoms with Crippen LogP contribution >= 0.6 is 11.6 Å². The molecule has 0 aliphatic carbocycles. The molecule has 0 fully saturated rings. The van der Waals surface area contributed by atoms with Gasteiger partial charge in [0.05, 0.1) is 6.04 Å². The SMILES string of the molecule is Cc1cc(NC(=O)C(N)CCNC(=O)O)ccc1Cl. The van der Waals surface area contributed by atoms with Crippen molar-refractivity contribution >= 4 is 29.3 Å². The van der Waals surface area contributed by atoms with Gasteiger partial charge in [-0.3, -0.25) is 4.79 Å². The van der Waals surface area contributed by atoms with E-state index in [4.69, 9.17) is 22.4 Å². The number of halogens is 1. The zero-order valence-corrected chi connectivity index (χ0v) is 11.2. The lowest BCUT2D eigenvalue weighted by atomic mass is 10.2. The van der Waals surface area contributed by atoms with Gasteiger partial charge < -0.3 is 21.5 Å². The molecule has 104 valence electrons. The van der Waals surface area contributed by atoms with Crippen LogP contribution < -0.4 is 16.4 Å². The fourth-order valence-electron chi connectivity index (χ4n) is 1.42. The van der Waals surface area contributed by atoms with Crippen molar-refractivity contribution < 1.29 is 14.7 Å². The standard InChI is InChI=1S/C12H16ClN3O3/c1-7-6-8(2-3-9(7)13)16-11(17)10(14)4-5-15-12(18)19/h2-3,6,10,15H,4-5,14H2,1H3,(H,16,17)(H,18,19). The summed E-state index contributed by atoms with van der Waals surface area (Å²) in [6.07, 6.45) is -0.911. The van der Waals surface area contributed by atoms with Gasteiger partial charge in [0.1, 0.15) is 0 Å². The molecular formula is C12H16ClN3O3. The van der Waals surface area contributed by atoms with Crippen LogP contribution in [0.4, 0.5) is 10.5 Å². The average Bonchev–Trinajstić information content (AvgIpc) is 2.33. The van der Waals surface area contributed by atoms with E-state index in [1.807, 2.05) is 6.92 Å². The summed E-state index contributed by atoms with van der Waals surface area (Å²) in [6.45, 7) is 1.96. The lowest BCUT2D eigenvalue weighted by Gasteiger charge is -2.12. The van der Waals surface area contributed by atoms with E-state index in [1.54, 1.807) is 18.2 Å². The number of carboxylic acid groups (broad SMARTS) is 1. The van der Waals surface area contributed by atoms with Crippen molar-refractivity contribution in [3.05, 3.63) is 28.8 Å². The van der Waals surface area contributed by atoms with E-state index in [9.17, 15) is 9.59 Å². The van der Waals surface area contributed by atoms with Crippen molar-refractivity contribution in [1.29, 1.82) is 0 Å². The molecule has 6 nitrogen and oxygen atoms in total. The second-order valence-corrected chi connectivity index (χ2v) is 4.49. The summed E-state index contributed by atoms with van der Waals surface area (Å²) in [7, 11) is 0. The highest BCUT2D eigenvalue weighted by Gasteiger charge is 2.13. The minimum absolute atomic E-state index is 0.129. The van der Waals surface area contributed by atoms with E-state index < -0.39 is 12.1 Å². The Hall–Kier alpha value is -1.79. The van der Waals surface area contributed by atoms with Crippen LogP contribution in [0.25, 0.3) is 0 Å². The van der Waals surface area contributed by atoms with E-state index in [0.29, 0.717) is 10.7 Å². The van der Waals surface area contributed by atoms with Crippen LogP contribution in [-0.2, 0) is 4.79 Å². The highest BCUT2D eigenvalue weighted by atomic mass is 35.5. The maximum atomic E-state index is 11.7. The zero-order valence-electron chi connectivity index (χ0n) is 10.4. The molecule has 0 aliphatic heterocycles. The Kier molecular flexibility index (Phi) is 5.59. The van der Waals surface area contributed by atoms with Gasteiger partial charge in [0.2, 0.25) is 5.91 Å². The molecule has 19 heavy (non-hydrogen) atoms. The largest absolute Gasteiger partial charge is 0.465 e. The van der Waals surface area contributed by atoms with Gasteiger partial charge in [0.15, 0.2) is 0 Å². The topological polar surface area (TPSA) is 104 Å². The Morgan fingerprint density at radius 3 is 2.74 bits per heavy atom. The first-order chi connectivity index (χ1) is 8.90. The molecule has 0 aliphatic rings. The fourth-order valence-corrected chi connectivity index (χ4v) is 1.54. The first-order valence-electron chi connectivity index (χ1n) is 5.69. The van der Waals surface area contributed by atoms with Gasteiger partial charge in [0, 0.05) is 17.3 Å².